The van der Waals surface area contributed by atoms with Gasteiger partial charge in [0, 0.05) is 29.8 Å². The lowest BCUT2D eigenvalue weighted by Gasteiger charge is -2.26. The van der Waals surface area contributed by atoms with E-state index in [1.165, 1.54) is 12.1 Å². The molecule has 0 bridgehead atoms. The number of fused-ring (bicyclic) bond motifs is 3. The molecule has 32 heavy (non-hydrogen) atoms. The molecule has 1 aliphatic heterocycles. The van der Waals surface area contributed by atoms with Crippen LogP contribution in [0.2, 0.25) is 0 Å². The van der Waals surface area contributed by atoms with Crippen molar-refractivity contribution in [3.63, 3.8) is 0 Å². The van der Waals surface area contributed by atoms with Crippen molar-refractivity contribution in [2.24, 2.45) is 0 Å². The maximum atomic E-state index is 13.6. The highest BCUT2D eigenvalue weighted by Crippen LogP contribution is 2.23. The fraction of sp³-hybridized carbons (Fsp3) is 0.304. The first-order valence-corrected chi connectivity index (χ1v) is 10.6. The molecule has 2 aromatic carbocycles. The molecule has 1 fully saturated rings. The predicted octanol–water partition coefficient (Wildman–Crippen LogP) is 3.94. The molecule has 4 aromatic rings. The van der Waals surface area contributed by atoms with Gasteiger partial charge in [0.15, 0.2) is 5.65 Å². The third-order valence-electron chi connectivity index (χ3n) is 5.67. The van der Waals surface area contributed by atoms with Crippen molar-refractivity contribution >= 4 is 28.3 Å². The van der Waals surface area contributed by atoms with Crippen LogP contribution in [0.15, 0.2) is 48.5 Å². The number of urea groups is 1. The fourth-order valence-corrected chi connectivity index (χ4v) is 4.13. The predicted molar refractivity (Wildman–Crippen MR) is 118 cm³/mol. The van der Waals surface area contributed by atoms with Gasteiger partial charge in [-0.25, -0.2) is 9.18 Å². The Balaban J connectivity index is 1.49. The number of aryl methyl sites for hydroxylation is 1. The van der Waals surface area contributed by atoms with Crippen LogP contribution in [0.5, 0.6) is 0 Å². The topological polar surface area (TPSA) is 84.6 Å². The quantitative estimate of drug-likeness (QED) is 0.514. The molecule has 1 saturated heterocycles. The number of rotatable bonds is 5. The van der Waals surface area contributed by atoms with Crippen LogP contribution in [-0.2, 0) is 11.3 Å². The molecular weight excluding hydrogens is 411 g/mol. The van der Waals surface area contributed by atoms with Crippen LogP contribution in [0.3, 0.4) is 0 Å². The standard InChI is InChI=1S/C23H23FN6O2/c1-15-7-8-21-16(10-15)11-17(22-26-27-28-30(21)22)13-29(14-20-6-3-9-32-20)23(31)25-19-5-2-4-18(24)12-19/h2,4-5,7-8,10-12,20H,3,6,9,13-14H2,1H3,(H,25,31)/t20-/m0/s1. The summed E-state index contributed by atoms with van der Waals surface area (Å²) < 4.78 is 21.1. The van der Waals surface area contributed by atoms with E-state index >= 15 is 0 Å². The number of anilines is 1. The first-order chi connectivity index (χ1) is 15.6. The molecule has 0 spiro atoms. The smallest absolute Gasteiger partial charge is 0.322 e. The van der Waals surface area contributed by atoms with Crippen molar-refractivity contribution in [3.05, 3.63) is 65.5 Å². The monoisotopic (exact) mass is 434 g/mol. The molecule has 1 aliphatic rings. The second-order valence-corrected chi connectivity index (χ2v) is 8.10. The highest BCUT2D eigenvalue weighted by molar-refractivity contribution is 5.90. The van der Waals surface area contributed by atoms with E-state index in [0.717, 1.165) is 34.9 Å². The second-order valence-electron chi connectivity index (χ2n) is 8.10. The summed E-state index contributed by atoms with van der Waals surface area (Å²) in [6.45, 7) is 3.42. The van der Waals surface area contributed by atoms with Crippen molar-refractivity contribution in [2.45, 2.75) is 32.4 Å². The highest BCUT2D eigenvalue weighted by Gasteiger charge is 2.24. The van der Waals surface area contributed by atoms with Gasteiger partial charge >= 0.3 is 6.03 Å². The van der Waals surface area contributed by atoms with Gasteiger partial charge < -0.3 is 15.0 Å². The Morgan fingerprint density at radius 2 is 2.19 bits per heavy atom. The molecule has 1 N–H and O–H groups in total. The zero-order valence-electron chi connectivity index (χ0n) is 17.7. The van der Waals surface area contributed by atoms with Crippen LogP contribution < -0.4 is 5.32 Å². The van der Waals surface area contributed by atoms with Gasteiger partial charge in [-0.05, 0) is 66.6 Å². The number of tetrazole rings is 1. The molecule has 1 atom stereocenters. The van der Waals surface area contributed by atoms with Gasteiger partial charge in [0.05, 0.1) is 18.2 Å². The molecule has 0 radical (unpaired) electrons. The number of benzene rings is 2. The molecular formula is C23H23FN6O2. The molecule has 0 saturated carbocycles. The summed E-state index contributed by atoms with van der Waals surface area (Å²) in [7, 11) is 0. The molecule has 5 rings (SSSR count). The van der Waals surface area contributed by atoms with Gasteiger partial charge in [-0.3, -0.25) is 0 Å². The summed E-state index contributed by atoms with van der Waals surface area (Å²) in [6, 6.07) is 13.6. The summed E-state index contributed by atoms with van der Waals surface area (Å²) in [6.07, 6.45) is 1.82. The van der Waals surface area contributed by atoms with Crippen LogP contribution in [-0.4, -0.2) is 50.2 Å². The van der Waals surface area contributed by atoms with Gasteiger partial charge in [-0.1, -0.05) is 17.7 Å². The number of nitrogens with one attached hydrogen (secondary N) is 1. The number of pyridine rings is 1. The van der Waals surface area contributed by atoms with Gasteiger partial charge in [-0.15, -0.1) is 5.10 Å². The average Bonchev–Trinajstić information content (AvgIpc) is 3.45. The highest BCUT2D eigenvalue weighted by atomic mass is 19.1. The van der Waals surface area contributed by atoms with Crippen molar-refractivity contribution in [1.29, 1.82) is 0 Å². The number of ether oxygens (including phenoxy) is 1. The van der Waals surface area contributed by atoms with Crippen molar-refractivity contribution in [2.75, 3.05) is 18.5 Å². The first-order valence-electron chi connectivity index (χ1n) is 10.6. The summed E-state index contributed by atoms with van der Waals surface area (Å²) in [5, 5.41) is 16.0. The Labute approximate surface area is 184 Å². The maximum Gasteiger partial charge on any atom is 0.322 e. The zero-order chi connectivity index (χ0) is 22.1. The number of amides is 2. The fourth-order valence-electron chi connectivity index (χ4n) is 4.13. The lowest BCUT2D eigenvalue weighted by Crippen LogP contribution is -2.39. The van der Waals surface area contributed by atoms with E-state index in [1.54, 1.807) is 21.5 Å². The number of halogens is 1. The SMILES string of the molecule is Cc1ccc2c(c1)cc(CN(C[C@@H]1CCCO1)C(=O)Nc1cccc(F)c1)c1nnnn12. The van der Waals surface area contributed by atoms with Gasteiger partial charge in [0.1, 0.15) is 5.82 Å². The molecule has 2 amide bonds. The maximum absolute atomic E-state index is 13.6. The van der Waals surface area contributed by atoms with E-state index < -0.39 is 5.82 Å². The summed E-state index contributed by atoms with van der Waals surface area (Å²) in [5.41, 5.74) is 3.83. The number of carbonyl (C=O) groups is 1. The zero-order valence-corrected chi connectivity index (χ0v) is 17.7. The number of aromatic nitrogens is 4. The Hall–Kier alpha value is -3.59. The van der Waals surface area contributed by atoms with E-state index in [4.69, 9.17) is 4.74 Å². The number of hydrogen-bond donors (Lipinski definition) is 1. The third-order valence-corrected chi connectivity index (χ3v) is 5.67. The number of nitrogens with zero attached hydrogens (tertiary/aromatic N) is 5. The summed E-state index contributed by atoms with van der Waals surface area (Å²) >= 11 is 0. The minimum Gasteiger partial charge on any atom is -0.376 e. The molecule has 164 valence electrons. The van der Waals surface area contributed by atoms with E-state index in [-0.39, 0.29) is 18.7 Å². The Kier molecular flexibility index (Phi) is 5.40. The van der Waals surface area contributed by atoms with E-state index in [0.29, 0.717) is 24.5 Å². The van der Waals surface area contributed by atoms with Crippen molar-refractivity contribution < 1.29 is 13.9 Å². The Morgan fingerprint density at radius 3 is 3.00 bits per heavy atom. The van der Waals surface area contributed by atoms with Gasteiger partial charge in [-0.2, -0.15) is 4.52 Å². The van der Waals surface area contributed by atoms with Gasteiger partial charge in [0.25, 0.3) is 0 Å². The molecule has 0 aliphatic carbocycles. The molecule has 0 unspecified atom stereocenters. The van der Waals surface area contributed by atoms with Crippen LogP contribution >= 0.6 is 0 Å². The first kappa shape index (κ1) is 20.3. The number of hydrogen-bond acceptors (Lipinski definition) is 5. The molecule has 3 heterocycles. The molecule has 2 aromatic heterocycles. The van der Waals surface area contributed by atoms with Crippen LogP contribution in [0.25, 0.3) is 16.6 Å². The Morgan fingerprint density at radius 1 is 1.28 bits per heavy atom. The lowest BCUT2D eigenvalue weighted by atomic mass is 10.1. The second kappa shape index (κ2) is 8.51. The van der Waals surface area contributed by atoms with E-state index in [9.17, 15) is 9.18 Å². The number of carbonyl (C=O) groups excluding carboxylic acids is 1. The van der Waals surface area contributed by atoms with Crippen molar-refractivity contribution in [1.82, 2.24) is 24.9 Å². The van der Waals surface area contributed by atoms with Crippen LogP contribution in [0.1, 0.15) is 24.0 Å². The Bertz CT molecular complexity index is 1280. The minimum absolute atomic E-state index is 0.0389. The van der Waals surface area contributed by atoms with Crippen molar-refractivity contribution in [3.8, 4) is 0 Å². The normalized spacial score (nSPS) is 16.0. The van der Waals surface area contributed by atoms with Crippen LogP contribution in [0, 0.1) is 12.7 Å². The average molecular weight is 434 g/mol. The minimum atomic E-state index is -0.408. The molecule has 8 nitrogen and oxygen atoms in total. The largest absolute Gasteiger partial charge is 0.376 e. The summed E-state index contributed by atoms with van der Waals surface area (Å²) in [4.78, 5) is 14.9. The van der Waals surface area contributed by atoms with Crippen LogP contribution in [0.4, 0.5) is 14.9 Å². The summed E-state index contributed by atoms with van der Waals surface area (Å²) in [5.74, 6) is -0.408. The lowest BCUT2D eigenvalue weighted by molar-refractivity contribution is 0.0820. The molecule has 9 heteroatoms. The third kappa shape index (κ3) is 4.11. The van der Waals surface area contributed by atoms with E-state index in [1.807, 2.05) is 25.1 Å². The van der Waals surface area contributed by atoms with E-state index in [2.05, 4.69) is 26.9 Å². The van der Waals surface area contributed by atoms with Gasteiger partial charge in [0.2, 0.25) is 0 Å².